The number of nitrogens with two attached hydrogens (primary N) is 1. The second-order valence-corrected chi connectivity index (χ2v) is 7.54. The predicted molar refractivity (Wildman–Crippen MR) is 95.9 cm³/mol. The summed E-state index contributed by atoms with van der Waals surface area (Å²) in [6, 6.07) is 10.6. The van der Waals surface area contributed by atoms with E-state index in [1.165, 1.54) is 9.75 Å². The van der Waals surface area contributed by atoms with Gasteiger partial charge in [0.05, 0.1) is 0 Å². The van der Waals surface area contributed by atoms with Gasteiger partial charge in [0.15, 0.2) is 0 Å². The molecule has 106 valence electrons. The van der Waals surface area contributed by atoms with Gasteiger partial charge in [-0.1, -0.05) is 28.1 Å². The fourth-order valence-electron chi connectivity index (χ4n) is 2.06. The smallest absolute Gasteiger partial charge is 0.106 e. The second-order valence-electron chi connectivity index (χ2n) is 4.82. The molecule has 5 heteroatoms. The molecule has 0 aliphatic rings. The van der Waals surface area contributed by atoms with Gasteiger partial charge >= 0.3 is 0 Å². The molecule has 2 rings (SSSR count). The summed E-state index contributed by atoms with van der Waals surface area (Å²) < 4.78 is 0.979. The summed E-state index contributed by atoms with van der Waals surface area (Å²) in [7, 11) is 0. The predicted octanol–water partition coefficient (Wildman–Crippen LogP) is 4.50. The fourth-order valence-corrected chi connectivity index (χ4v) is 3.61. The maximum absolute atomic E-state index is 5.79. The lowest BCUT2D eigenvalue weighted by Crippen LogP contribution is -2.21. The second kappa shape index (κ2) is 6.70. The highest BCUT2D eigenvalue weighted by atomic mass is 79.9. The summed E-state index contributed by atoms with van der Waals surface area (Å²) >= 11 is 10.4. The molecular weight excluding hydrogens is 352 g/mol. The average molecular weight is 369 g/mol. The van der Waals surface area contributed by atoms with Crippen LogP contribution in [0.1, 0.15) is 22.2 Å². The zero-order chi connectivity index (χ0) is 14.7. The Bertz CT molecular complexity index is 622. The first-order valence-electron chi connectivity index (χ1n) is 6.37. The Hall–Kier alpha value is -0.910. The number of hydrogen-bond acceptors (Lipinski definition) is 3. The van der Waals surface area contributed by atoms with Crippen LogP contribution in [-0.2, 0) is 6.42 Å². The van der Waals surface area contributed by atoms with E-state index in [4.69, 9.17) is 18.0 Å². The first-order chi connectivity index (χ1) is 9.45. The van der Waals surface area contributed by atoms with Crippen molar-refractivity contribution in [1.29, 1.82) is 0 Å². The van der Waals surface area contributed by atoms with Crippen LogP contribution in [0.5, 0.6) is 0 Å². The maximum Gasteiger partial charge on any atom is 0.106 e. The van der Waals surface area contributed by atoms with Gasteiger partial charge < -0.3 is 11.1 Å². The molecule has 20 heavy (non-hydrogen) atoms. The molecule has 1 atom stereocenters. The monoisotopic (exact) mass is 368 g/mol. The normalized spacial score (nSPS) is 12.2. The van der Waals surface area contributed by atoms with Gasteiger partial charge in [-0.2, -0.15) is 0 Å². The third kappa shape index (κ3) is 4.04. The summed E-state index contributed by atoms with van der Waals surface area (Å²) in [5, 5.41) is 3.50. The topological polar surface area (TPSA) is 38.0 Å². The number of aryl methyl sites for hydroxylation is 1. The molecule has 1 aromatic heterocycles. The van der Waals surface area contributed by atoms with Crippen LogP contribution >= 0.6 is 39.5 Å². The van der Waals surface area contributed by atoms with Crippen molar-refractivity contribution in [2.75, 3.05) is 5.32 Å². The Morgan fingerprint density at radius 1 is 1.40 bits per heavy atom. The number of hydrogen-bond donors (Lipinski definition) is 2. The lowest BCUT2D eigenvalue weighted by atomic mass is 10.1. The lowest BCUT2D eigenvalue weighted by Gasteiger charge is -2.17. The van der Waals surface area contributed by atoms with Gasteiger partial charge in [-0.15, -0.1) is 11.3 Å². The summed E-state index contributed by atoms with van der Waals surface area (Å²) in [6.07, 6.45) is 0.991. The molecule has 0 bridgehead atoms. The van der Waals surface area contributed by atoms with E-state index in [9.17, 15) is 0 Å². The van der Waals surface area contributed by atoms with Crippen molar-refractivity contribution >= 4 is 50.2 Å². The molecule has 1 heterocycles. The molecule has 0 saturated carbocycles. The van der Waals surface area contributed by atoms with E-state index in [1.807, 2.05) is 29.5 Å². The molecule has 0 fully saturated rings. The van der Waals surface area contributed by atoms with Gasteiger partial charge in [0, 0.05) is 37.9 Å². The number of halogens is 1. The molecule has 0 amide bonds. The third-order valence-electron chi connectivity index (χ3n) is 2.95. The van der Waals surface area contributed by atoms with E-state index in [2.05, 4.69) is 47.2 Å². The molecule has 0 spiro atoms. The minimum atomic E-state index is 0.322. The Morgan fingerprint density at radius 3 is 2.75 bits per heavy atom. The van der Waals surface area contributed by atoms with Crippen molar-refractivity contribution < 1.29 is 0 Å². The van der Waals surface area contributed by atoms with Gasteiger partial charge in [0.2, 0.25) is 0 Å². The number of thiocarbonyl (C=S) groups is 1. The van der Waals surface area contributed by atoms with Gasteiger partial charge in [-0.05, 0) is 44.2 Å². The third-order valence-corrected chi connectivity index (χ3v) is 4.69. The van der Waals surface area contributed by atoms with E-state index in [1.54, 1.807) is 0 Å². The Balaban J connectivity index is 2.11. The lowest BCUT2D eigenvalue weighted by molar-refractivity contribution is 0.800. The molecule has 2 aromatic rings. The van der Waals surface area contributed by atoms with Gasteiger partial charge in [0.25, 0.3) is 0 Å². The highest BCUT2D eigenvalue weighted by molar-refractivity contribution is 9.10. The van der Waals surface area contributed by atoms with Crippen molar-refractivity contribution in [1.82, 2.24) is 0 Å². The van der Waals surface area contributed by atoms with Gasteiger partial charge in [0.1, 0.15) is 4.99 Å². The van der Waals surface area contributed by atoms with Crippen LogP contribution in [0.4, 0.5) is 5.69 Å². The summed E-state index contributed by atoms with van der Waals surface area (Å²) in [6.45, 7) is 4.30. The maximum atomic E-state index is 5.79. The standard InChI is InChI=1S/C15H17BrN2S2/c1-9(7-12-5-3-10(2)20-12)18-14-6-4-11(16)8-13(14)15(17)19/h3-6,8-9,18H,7H2,1-2H3,(H2,17,19). The van der Waals surface area contributed by atoms with Gasteiger partial charge in [-0.25, -0.2) is 0 Å². The Morgan fingerprint density at radius 2 is 2.15 bits per heavy atom. The molecule has 1 unspecified atom stereocenters. The van der Waals surface area contributed by atoms with Crippen molar-refractivity contribution in [2.24, 2.45) is 5.73 Å². The SMILES string of the molecule is Cc1ccc(CC(C)Nc2ccc(Br)cc2C(N)=S)s1. The van der Waals surface area contributed by atoms with Crippen LogP contribution in [0.2, 0.25) is 0 Å². The number of rotatable bonds is 5. The largest absolute Gasteiger partial charge is 0.389 e. The van der Waals surface area contributed by atoms with Crippen LogP contribution in [-0.4, -0.2) is 11.0 Å². The highest BCUT2D eigenvalue weighted by Crippen LogP contribution is 2.23. The number of benzene rings is 1. The summed E-state index contributed by atoms with van der Waals surface area (Å²) in [5.41, 5.74) is 7.65. The number of nitrogens with one attached hydrogen (secondary N) is 1. The van der Waals surface area contributed by atoms with E-state index in [0.29, 0.717) is 11.0 Å². The van der Waals surface area contributed by atoms with Crippen LogP contribution in [0.25, 0.3) is 0 Å². The molecule has 0 aliphatic heterocycles. The Kier molecular flexibility index (Phi) is 5.18. The molecule has 2 nitrogen and oxygen atoms in total. The van der Waals surface area contributed by atoms with Gasteiger partial charge in [-0.3, -0.25) is 0 Å². The van der Waals surface area contributed by atoms with Crippen molar-refractivity contribution in [3.8, 4) is 0 Å². The van der Waals surface area contributed by atoms with E-state index >= 15 is 0 Å². The molecule has 0 saturated heterocycles. The zero-order valence-corrected chi connectivity index (χ0v) is 14.7. The number of anilines is 1. The van der Waals surface area contributed by atoms with E-state index < -0.39 is 0 Å². The van der Waals surface area contributed by atoms with Crippen molar-refractivity contribution in [3.63, 3.8) is 0 Å². The summed E-state index contributed by atoms with van der Waals surface area (Å²) in [5.74, 6) is 0. The van der Waals surface area contributed by atoms with Crippen molar-refractivity contribution in [3.05, 3.63) is 50.1 Å². The van der Waals surface area contributed by atoms with Crippen LogP contribution in [0.3, 0.4) is 0 Å². The van der Waals surface area contributed by atoms with Crippen LogP contribution in [0, 0.1) is 6.92 Å². The molecule has 0 aliphatic carbocycles. The van der Waals surface area contributed by atoms with Crippen LogP contribution < -0.4 is 11.1 Å². The number of thiophene rings is 1. The first kappa shape index (κ1) is 15.5. The fraction of sp³-hybridized carbons (Fsp3) is 0.267. The quantitative estimate of drug-likeness (QED) is 0.763. The van der Waals surface area contributed by atoms with Crippen LogP contribution in [0.15, 0.2) is 34.8 Å². The van der Waals surface area contributed by atoms with Crippen molar-refractivity contribution in [2.45, 2.75) is 26.3 Å². The first-order valence-corrected chi connectivity index (χ1v) is 8.38. The molecule has 0 radical (unpaired) electrons. The molecular formula is C15H17BrN2S2. The minimum absolute atomic E-state index is 0.322. The minimum Gasteiger partial charge on any atom is -0.389 e. The van der Waals surface area contributed by atoms with E-state index in [-0.39, 0.29) is 0 Å². The highest BCUT2D eigenvalue weighted by Gasteiger charge is 2.10. The van der Waals surface area contributed by atoms with E-state index in [0.717, 1.165) is 22.1 Å². The summed E-state index contributed by atoms with van der Waals surface area (Å²) in [4.78, 5) is 3.14. The molecule has 1 aromatic carbocycles. The Labute approximate surface area is 137 Å². The molecule has 3 N–H and O–H groups in total. The average Bonchev–Trinajstić information content (AvgIpc) is 2.76. The zero-order valence-electron chi connectivity index (χ0n) is 11.4.